The monoisotopic (exact) mass is 305 g/mol. The molecule has 1 aromatic heterocycles. The highest BCUT2D eigenvalue weighted by molar-refractivity contribution is 7.89. The summed E-state index contributed by atoms with van der Waals surface area (Å²) < 4.78 is 35.6. The highest BCUT2D eigenvalue weighted by Crippen LogP contribution is 2.22. The van der Waals surface area contributed by atoms with Crippen LogP contribution in [0, 0.1) is 0 Å². The Kier molecular flexibility index (Phi) is 4.90. The normalized spacial score (nSPS) is 12.9. The SMILES string of the molecule is CCc1oc(C(=O)OC)cc1S(=O)(=O)NC(C)C(=O)O. The van der Waals surface area contributed by atoms with Crippen molar-refractivity contribution in [2.45, 2.75) is 31.2 Å². The van der Waals surface area contributed by atoms with Crippen LogP contribution in [0.4, 0.5) is 0 Å². The number of esters is 1. The second kappa shape index (κ2) is 6.06. The Morgan fingerprint density at radius 3 is 2.55 bits per heavy atom. The lowest BCUT2D eigenvalue weighted by atomic mass is 10.3. The van der Waals surface area contributed by atoms with Crippen LogP contribution in [-0.2, 0) is 26.0 Å². The maximum Gasteiger partial charge on any atom is 0.373 e. The van der Waals surface area contributed by atoms with Gasteiger partial charge in [-0.1, -0.05) is 6.92 Å². The van der Waals surface area contributed by atoms with E-state index in [-0.39, 0.29) is 22.8 Å². The third-order valence-corrected chi connectivity index (χ3v) is 4.06. The number of aliphatic carboxylic acids is 1. The standard InChI is InChI=1S/C11H15NO7S/c1-4-7-9(5-8(19-7)11(15)18-3)20(16,17)12-6(2)10(13)14/h5-6,12H,4H2,1-3H3,(H,13,14). The number of carbonyl (C=O) groups excluding carboxylic acids is 1. The van der Waals surface area contributed by atoms with Crippen LogP contribution in [0.25, 0.3) is 0 Å². The molecule has 2 N–H and O–H groups in total. The minimum absolute atomic E-state index is 0.0514. The molecule has 1 unspecified atom stereocenters. The number of ether oxygens (including phenoxy) is 1. The zero-order valence-electron chi connectivity index (χ0n) is 11.2. The van der Waals surface area contributed by atoms with E-state index in [0.29, 0.717) is 0 Å². The Labute approximate surface area is 115 Å². The van der Waals surface area contributed by atoms with Crippen LogP contribution < -0.4 is 4.72 Å². The van der Waals surface area contributed by atoms with E-state index in [0.717, 1.165) is 13.2 Å². The molecule has 0 saturated carbocycles. The smallest absolute Gasteiger partial charge is 0.373 e. The summed E-state index contributed by atoms with van der Waals surface area (Å²) >= 11 is 0. The number of carbonyl (C=O) groups is 2. The van der Waals surface area contributed by atoms with Crippen molar-refractivity contribution in [3.05, 3.63) is 17.6 Å². The van der Waals surface area contributed by atoms with Crippen LogP contribution >= 0.6 is 0 Å². The largest absolute Gasteiger partial charge is 0.480 e. The van der Waals surface area contributed by atoms with E-state index in [9.17, 15) is 18.0 Å². The van der Waals surface area contributed by atoms with Gasteiger partial charge in [-0.05, 0) is 6.92 Å². The quantitative estimate of drug-likeness (QED) is 0.728. The fourth-order valence-corrected chi connectivity index (χ4v) is 2.87. The first-order valence-electron chi connectivity index (χ1n) is 5.69. The number of methoxy groups -OCH3 is 1. The van der Waals surface area contributed by atoms with Gasteiger partial charge in [-0.2, -0.15) is 4.72 Å². The lowest BCUT2D eigenvalue weighted by Crippen LogP contribution is -2.38. The highest BCUT2D eigenvalue weighted by atomic mass is 32.2. The average molecular weight is 305 g/mol. The Hall–Kier alpha value is -1.87. The molecule has 1 heterocycles. The molecule has 0 aromatic carbocycles. The van der Waals surface area contributed by atoms with Crippen LogP contribution in [0.2, 0.25) is 0 Å². The molecule has 0 saturated heterocycles. The highest BCUT2D eigenvalue weighted by Gasteiger charge is 2.28. The summed E-state index contributed by atoms with van der Waals surface area (Å²) in [6.45, 7) is 2.83. The van der Waals surface area contributed by atoms with Crippen molar-refractivity contribution in [1.82, 2.24) is 4.72 Å². The molecule has 0 bridgehead atoms. The van der Waals surface area contributed by atoms with E-state index < -0.39 is 28.0 Å². The summed E-state index contributed by atoms with van der Waals surface area (Å²) in [7, 11) is -2.97. The summed E-state index contributed by atoms with van der Waals surface area (Å²) in [5.74, 6) is -2.33. The summed E-state index contributed by atoms with van der Waals surface area (Å²) in [6.07, 6.45) is 0.217. The van der Waals surface area contributed by atoms with Gasteiger partial charge in [0, 0.05) is 12.5 Å². The molecule has 20 heavy (non-hydrogen) atoms. The van der Waals surface area contributed by atoms with E-state index in [1.165, 1.54) is 6.92 Å². The molecule has 1 aromatic rings. The Bertz CT molecular complexity index is 617. The summed E-state index contributed by atoms with van der Waals surface area (Å²) in [6, 6.07) is -0.289. The minimum Gasteiger partial charge on any atom is -0.480 e. The van der Waals surface area contributed by atoms with E-state index in [2.05, 4.69) is 4.74 Å². The van der Waals surface area contributed by atoms with Crippen LogP contribution in [0.3, 0.4) is 0 Å². The molecular formula is C11H15NO7S. The minimum atomic E-state index is -4.10. The second-order valence-corrected chi connectivity index (χ2v) is 5.61. The topological polar surface area (TPSA) is 123 Å². The molecule has 9 heteroatoms. The lowest BCUT2D eigenvalue weighted by molar-refractivity contribution is -0.138. The molecule has 0 aliphatic rings. The second-order valence-electron chi connectivity index (χ2n) is 3.92. The number of sulfonamides is 1. The predicted octanol–water partition coefficient (Wildman–Crippen LogP) is 0.380. The van der Waals surface area contributed by atoms with Gasteiger partial charge in [0.2, 0.25) is 15.8 Å². The van der Waals surface area contributed by atoms with Crippen LogP contribution in [0.5, 0.6) is 0 Å². The number of aryl methyl sites for hydroxylation is 1. The Morgan fingerprint density at radius 1 is 1.50 bits per heavy atom. The summed E-state index contributed by atoms with van der Waals surface area (Å²) in [5.41, 5.74) is 0. The molecule has 8 nitrogen and oxygen atoms in total. The zero-order valence-corrected chi connectivity index (χ0v) is 12.0. The van der Waals surface area contributed by atoms with Gasteiger partial charge in [0.1, 0.15) is 16.7 Å². The number of carboxylic acid groups (broad SMARTS) is 1. The summed E-state index contributed by atoms with van der Waals surface area (Å²) in [4.78, 5) is 21.8. The molecule has 0 spiro atoms. The van der Waals surface area contributed by atoms with Crippen molar-refractivity contribution in [2.75, 3.05) is 7.11 Å². The Balaban J connectivity index is 3.20. The van der Waals surface area contributed by atoms with Gasteiger partial charge >= 0.3 is 11.9 Å². The molecule has 0 radical (unpaired) electrons. The first-order valence-corrected chi connectivity index (χ1v) is 7.17. The number of hydrogen-bond acceptors (Lipinski definition) is 6. The van der Waals surface area contributed by atoms with Crippen molar-refractivity contribution >= 4 is 22.0 Å². The van der Waals surface area contributed by atoms with Crippen LogP contribution in [0.1, 0.15) is 30.2 Å². The number of rotatable bonds is 6. The molecule has 1 atom stereocenters. The molecule has 112 valence electrons. The van der Waals surface area contributed by atoms with E-state index in [4.69, 9.17) is 9.52 Å². The Morgan fingerprint density at radius 2 is 2.10 bits per heavy atom. The fourth-order valence-electron chi connectivity index (χ4n) is 1.43. The number of nitrogens with one attached hydrogen (secondary N) is 1. The molecule has 1 rings (SSSR count). The van der Waals surface area contributed by atoms with Gasteiger partial charge in [-0.15, -0.1) is 0 Å². The molecule has 0 amide bonds. The predicted molar refractivity (Wildman–Crippen MR) is 66.8 cm³/mol. The molecular weight excluding hydrogens is 290 g/mol. The van der Waals surface area contributed by atoms with Crippen molar-refractivity contribution in [2.24, 2.45) is 0 Å². The van der Waals surface area contributed by atoms with Crippen molar-refractivity contribution in [3.8, 4) is 0 Å². The number of hydrogen-bond donors (Lipinski definition) is 2. The van der Waals surface area contributed by atoms with Crippen molar-refractivity contribution in [3.63, 3.8) is 0 Å². The van der Waals surface area contributed by atoms with E-state index >= 15 is 0 Å². The maximum atomic E-state index is 12.1. The first kappa shape index (κ1) is 16.2. The number of carboxylic acids is 1. The third kappa shape index (κ3) is 3.36. The number of furan rings is 1. The first-order chi connectivity index (χ1) is 9.22. The fraction of sp³-hybridized carbons (Fsp3) is 0.455. The van der Waals surface area contributed by atoms with Gasteiger partial charge in [0.25, 0.3) is 0 Å². The third-order valence-electron chi connectivity index (χ3n) is 2.47. The van der Waals surface area contributed by atoms with Crippen LogP contribution in [-0.4, -0.2) is 38.6 Å². The van der Waals surface area contributed by atoms with Gasteiger partial charge in [-0.25, -0.2) is 13.2 Å². The van der Waals surface area contributed by atoms with E-state index in [1.807, 2.05) is 4.72 Å². The van der Waals surface area contributed by atoms with Crippen molar-refractivity contribution in [1.29, 1.82) is 0 Å². The average Bonchev–Trinajstić information content (AvgIpc) is 2.82. The summed E-state index contributed by atoms with van der Waals surface area (Å²) in [5, 5.41) is 8.73. The molecule has 0 aliphatic heterocycles. The van der Waals surface area contributed by atoms with E-state index in [1.54, 1.807) is 6.92 Å². The molecule has 0 aliphatic carbocycles. The van der Waals surface area contributed by atoms with Gasteiger partial charge in [0.15, 0.2) is 0 Å². The van der Waals surface area contributed by atoms with Crippen LogP contribution in [0.15, 0.2) is 15.4 Å². The maximum absolute atomic E-state index is 12.1. The van der Waals surface area contributed by atoms with Gasteiger partial charge in [-0.3, -0.25) is 4.79 Å². The molecule has 0 fully saturated rings. The lowest BCUT2D eigenvalue weighted by Gasteiger charge is -2.09. The van der Waals surface area contributed by atoms with Gasteiger partial charge in [0.05, 0.1) is 7.11 Å². The van der Waals surface area contributed by atoms with Crippen molar-refractivity contribution < 1.29 is 32.3 Å². The zero-order chi connectivity index (χ0) is 15.5. The van der Waals surface area contributed by atoms with Gasteiger partial charge < -0.3 is 14.3 Å².